The third kappa shape index (κ3) is 2.59. The summed E-state index contributed by atoms with van der Waals surface area (Å²) in [6.45, 7) is 6.13. The number of aryl methyl sites for hydroxylation is 1. The first-order chi connectivity index (χ1) is 10.0. The smallest absolute Gasteiger partial charge is 0.276 e. The molecule has 1 aromatic carbocycles. The van der Waals surface area contributed by atoms with Gasteiger partial charge in [-0.15, -0.1) is 0 Å². The van der Waals surface area contributed by atoms with Gasteiger partial charge in [0.05, 0.1) is 5.69 Å². The van der Waals surface area contributed by atoms with Crippen LogP contribution in [0.1, 0.15) is 42.4 Å². The molecule has 2 N–H and O–H groups in total. The van der Waals surface area contributed by atoms with E-state index >= 15 is 0 Å². The van der Waals surface area contributed by atoms with E-state index in [1.807, 2.05) is 26.0 Å². The molecule has 0 bridgehead atoms. The summed E-state index contributed by atoms with van der Waals surface area (Å²) in [5, 5.41) is 6.99. The molecule has 0 saturated carbocycles. The Morgan fingerprint density at radius 3 is 2.81 bits per heavy atom. The van der Waals surface area contributed by atoms with Crippen molar-refractivity contribution in [2.45, 2.75) is 33.1 Å². The third-order valence-corrected chi connectivity index (χ3v) is 3.50. The van der Waals surface area contributed by atoms with E-state index in [4.69, 9.17) is 0 Å². The van der Waals surface area contributed by atoms with Crippen molar-refractivity contribution >= 4 is 11.0 Å². The molecule has 2 heterocycles. The van der Waals surface area contributed by atoms with Crippen molar-refractivity contribution in [1.29, 1.82) is 0 Å². The number of H-pyrrole nitrogens is 2. The van der Waals surface area contributed by atoms with Gasteiger partial charge in [0, 0.05) is 6.42 Å². The number of benzene rings is 1. The van der Waals surface area contributed by atoms with Crippen LogP contribution in [0.5, 0.6) is 0 Å². The molecule has 108 valence electrons. The Labute approximate surface area is 122 Å². The molecule has 0 aliphatic heterocycles. The molecule has 0 fully saturated rings. The van der Waals surface area contributed by atoms with Crippen LogP contribution in [0.15, 0.2) is 29.1 Å². The highest BCUT2D eigenvalue weighted by molar-refractivity contribution is 5.76. The van der Waals surface area contributed by atoms with Crippen molar-refractivity contribution in [1.82, 2.24) is 20.2 Å². The van der Waals surface area contributed by atoms with Gasteiger partial charge in [0.25, 0.3) is 5.56 Å². The number of rotatable bonds is 3. The van der Waals surface area contributed by atoms with Crippen LogP contribution in [0.25, 0.3) is 11.0 Å². The van der Waals surface area contributed by atoms with Crippen LogP contribution in [0, 0.1) is 6.92 Å². The van der Waals surface area contributed by atoms with Gasteiger partial charge in [-0.1, -0.05) is 43.7 Å². The lowest BCUT2D eigenvalue weighted by molar-refractivity contribution is 0.814. The number of aromatic amines is 2. The SMILES string of the molecule is Cc1cccc(Cc2nc3c(C(C)C)n[nH]c3c(=O)[nH]2)c1. The van der Waals surface area contributed by atoms with Gasteiger partial charge in [0.15, 0.2) is 0 Å². The lowest BCUT2D eigenvalue weighted by atomic mass is 10.1. The van der Waals surface area contributed by atoms with E-state index in [0.29, 0.717) is 23.3 Å². The van der Waals surface area contributed by atoms with E-state index in [2.05, 4.69) is 39.2 Å². The third-order valence-electron chi connectivity index (χ3n) is 3.50. The normalized spacial score (nSPS) is 11.4. The lowest BCUT2D eigenvalue weighted by Crippen LogP contribution is -2.12. The minimum Gasteiger partial charge on any atom is -0.308 e. The number of hydrogen-bond acceptors (Lipinski definition) is 3. The number of fused-ring (bicyclic) bond motifs is 1. The van der Waals surface area contributed by atoms with E-state index in [1.165, 1.54) is 5.56 Å². The second kappa shape index (κ2) is 5.16. The first-order valence-electron chi connectivity index (χ1n) is 7.07. The average molecular weight is 282 g/mol. The van der Waals surface area contributed by atoms with Crippen molar-refractivity contribution in [3.63, 3.8) is 0 Å². The summed E-state index contributed by atoms with van der Waals surface area (Å²) in [6, 6.07) is 8.20. The fourth-order valence-corrected chi connectivity index (χ4v) is 2.48. The summed E-state index contributed by atoms with van der Waals surface area (Å²) < 4.78 is 0. The van der Waals surface area contributed by atoms with Gasteiger partial charge in [0.1, 0.15) is 16.9 Å². The predicted octanol–water partition coefficient (Wildman–Crippen LogP) is 2.67. The molecule has 0 aliphatic rings. The van der Waals surface area contributed by atoms with E-state index in [9.17, 15) is 4.79 Å². The van der Waals surface area contributed by atoms with Crippen molar-refractivity contribution in [3.05, 3.63) is 57.3 Å². The van der Waals surface area contributed by atoms with Gasteiger partial charge in [-0.3, -0.25) is 9.89 Å². The van der Waals surface area contributed by atoms with Gasteiger partial charge < -0.3 is 4.98 Å². The molecule has 2 aromatic heterocycles. The Morgan fingerprint density at radius 2 is 2.10 bits per heavy atom. The van der Waals surface area contributed by atoms with Gasteiger partial charge in [-0.25, -0.2) is 4.98 Å². The molecule has 21 heavy (non-hydrogen) atoms. The molecule has 0 radical (unpaired) electrons. The topological polar surface area (TPSA) is 74.4 Å². The predicted molar refractivity (Wildman–Crippen MR) is 82.6 cm³/mol. The Morgan fingerprint density at radius 1 is 1.29 bits per heavy atom. The highest BCUT2D eigenvalue weighted by Gasteiger charge is 2.14. The maximum Gasteiger partial charge on any atom is 0.276 e. The molecule has 5 heteroatoms. The Kier molecular flexibility index (Phi) is 3.33. The molecular formula is C16H18N4O. The summed E-state index contributed by atoms with van der Waals surface area (Å²) in [6.07, 6.45) is 0.607. The van der Waals surface area contributed by atoms with Crippen LogP contribution >= 0.6 is 0 Å². The van der Waals surface area contributed by atoms with Crippen LogP contribution in [-0.4, -0.2) is 20.2 Å². The molecule has 0 saturated heterocycles. The van der Waals surface area contributed by atoms with E-state index in [1.54, 1.807) is 0 Å². The average Bonchev–Trinajstić information content (AvgIpc) is 2.83. The summed E-state index contributed by atoms with van der Waals surface area (Å²) >= 11 is 0. The monoisotopic (exact) mass is 282 g/mol. The quantitative estimate of drug-likeness (QED) is 0.775. The zero-order valence-corrected chi connectivity index (χ0v) is 12.4. The molecule has 3 rings (SSSR count). The molecular weight excluding hydrogens is 264 g/mol. The number of hydrogen-bond donors (Lipinski definition) is 2. The van der Waals surface area contributed by atoms with Gasteiger partial charge in [-0.05, 0) is 18.4 Å². The van der Waals surface area contributed by atoms with Crippen molar-refractivity contribution in [2.75, 3.05) is 0 Å². The van der Waals surface area contributed by atoms with Crippen molar-refractivity contribution in [3.8, 4) is 0 Å². The lowest BCUT2D eigenvalue weighted by Gasteiger charge is -2.04. The molecule has 0 unspecified atom stereocenters. The van der Waals surface area contributed by atoms with Gasteiger partial charge >= 0.3 is 0 Å². The summed E-state index contributed by atoms with van der Waals surface area (Å²) in [5.74, 6) is 0.890. The zero-order valence-electron chi connectivity index (χ0n) is 12.4. The molecule has 0 spiro atoms. The number of aromatic nitrogens is 4. The minimum absolute atomic E-state index is 0.165. The fraction of sp³-hybridized carbons (Fsp3) is 0.312. The second-order valence-electron chi connectivity index (χ2n) is 5.67. The maximum atomic E-state index is 12.1. The van der Waals surface area contributed by atoms with E-state index in [-0.39, 0.29) is 11.5 Å². The largest absolute Gasteiger partial charge is 0.308 e. The van der Waals surface area contributed by atoms with Gasteiger partial charge in [-0.2, -0.15) is 5.10 Å². The first kappa shape index (κ1) is 13.5. The van der Waals surface area contributed by atoms with Crippen LogP contribution in [-0.2, 0) is 6.42 Å². The Balaban J connectivity index is 2.07. The van der Waals surface area contributed by atoms with Gasteiger partial charge in [0.2, 0.25) is 0 Å². The summed E-state index contributed by atoms with van der Waals surface area (Å²) in [7, 11) is 0. The Hall–Kier alpha value is -2.43. The second-order valence-corrected chi connectivity index (χ2v) is 5.67. The molecule has 3 aromatic rings. The Bertz CT molecular complexity index is 845. The standard InChI is InChI=1S/C16H18N4O/c1-9(2)13-14-15(20-19-13)16(21)18-12(17-14)8-11-6-4-5-10(3)7-11/h4-7,9H,8H2,1-3H3,(H,19,20)(H,17,18,21). The van der Waals surface area contributed by atoms with Crippen LogP contribution in [0.2, 0.25) is 0 Å². The van der Waals surface area contributed by atoms with E-state index in [0.717, 1.165) is 11.3 Å². The number of nitrogens with zero attached hydrogens (tertiary/aromatic N) is 2. The summed E-state index contributed by atoms with van der Waals surface area (Å²) in [5.41, 5.74) is 4.13. The zero-order chi connectivity index (χ0) is 15.0. The fourth-order valence-electron chi connectivity index (χ4n) is 2.48. The van der Waals surface area contributed by atoms with Crippen LogP contribution in [0.4, 0.5) is 0 Å². The molecule has 0 aliphatic carbocycles. The number of nitrogens with one attached hydrogen (secondary N) is 2. The summed E-state index contributed by atoms with van der Waals surface area (Å²) in [4.78, 5) is 19.6. The molecule has 5 nitrogen and oxygen atoms in total. The molecule has 0 amide bonds. The van der Waals surface area contributed by atoms with Crippen molar-refractivity contribution < 1.29 is 0 Å². The van der Waals surface area contributed by atoms with Crippen molar-refractivity contribution in [2.24, 2.45) is 0 Å². The highest BCUT2D eigenvalue weighted by atomic mass is 16.1. The first-order valence-corrected chi connectivity index (χ1v) is 7.07. The highest BCUT2D eigenvalue weighted by Crippen LogP contribution is 2.19. The minimum atomic E-state index is -0.165. The molecule has 0 atom stereocenters. The van der Waals surface area contributed by atoms with E-state index < -0.39 is 0 Å². The maximum absolute atomic E-state index is 12.1. The van der Waals surface area contributed by atoms with Crippen LogP contribution < -0.4 is 5.56 Å². The van der Waals surface area contributed by atoms with Crippen LogP contribution in [0.3, 0.4) is 0 Å².